The lowest BCUT2D eigenvalue weighted by Gasteiger charge is -2.25. The predicted octanol–water partition coefficient (Wildman–Crippen LogP) is 2.30. The Morgan fingerprint density at radius 3 is 2.06 bits per heavy atom. The summed E-state index contributed by atoms with van der Waals surface area (Å²) in [5, 5.41) is 11.4. The van der Waals surface area contributed by atoms with Crippen molar-refractivity contribution in [3.05, 3.63) is 0 Å². The van der Waals surface area contributed by atoms with Crippen LogP contribution in [0.1, 0.15) is 20.8 Å². The molecular formula is C11H23NO4Si. The molecular weight excluding hydrogens is 238 g/mol. The van der Waals surface area contributed by atoms with E-state index in [4.69, 9.17) is 9.84 Å². The van der Waals surface area contributed by atoms with Crippen molar-refractivity contribution in [3.63, 3.8) is 0 Å². The van der Waals surface area contributed by atoms with Crippen LogP contribution in [0.2, 0.25) is 25.7 Å². The summed E-state index contributed by atoms with van der Waals surface area (Å²) in [6.45, 7) is 11.4. The number of carbonyl (C=O) groups excluding carboxylic acids is 1. The van der Waals surface area contributed by atoms with Gasteiger partial charge in [0, 0.05) is 8.07 Å². The van der Waals surface area contributed by atoms with E-state index >= 15 is 0 Å². The fourth-order valence-corrected chi connectivity index (χ4v) is 2.76. The number of carbonyl (C=O) groups is 2. The van der Waals surface area contributed by atoms with Crippen molar-refractivity contribution in [1.29, 1.82) is 0 Å². The summed E-state index contributed by atoms with van der Waals surface area (Å²) >= 11 is 0. The maximum Gasteiger partial charge on any atom is 0.408 e. The van der Waals surface area contributed by atoms with E-state index in [9.17, 15) is 9.59 Å². The summed E-state index contributed by atoms with van der Waals surface area (Å²) < 4.78 is 5.03. The first-order valence-corrected chi connectivity index (χ1v) is 9.34. The Bertz CT molecular complexity index is 291. The van der Waals surface area contributed by atoms with E-state index in [0.29, 0.717) is 6.04 Å². The van der Waals surface area contributed by atoms with Gasteiger partial charge in [-0.1, -0.05) is 19.6 Å². The average molecular weight is 261 g/mol. The zero-order chi connectivity index (χ0) is 13.9. The molecule has 0 heterocycles. The molecule has 0 radical (unpaired) electrons. The summed E-state index contributed by atoms with van der Waals surface area (Å²) in [6, 6.07) is -0.377. The highest BCUT2D eigenvalue weighted by molar-refractivity contribution is 6.76. The van der Waals surface area contributed by atoms with Crippen LogP contribution < -0.4 is 5.32 Å². The molecule has 0 saturated carbocycles. The highest BCUT2D eigenvalue weighted by Crippen LogP contribution is 2.13. The Balaban J connectivity index is 4.47. The Morgan fingerprint density at radius 1 is 1.29 bits per heavy atom. The molecule has 6 heteroatoms. The number of hydrogen-bond donors (Lipinski definition) is 2. The van der Waals surface area contributed by atoms with Gasteiger partial charge in [0.2, 0.25) is 0 Å². The Morgan fingerprint density at radius 2 is 1.76 bits per heavy atom. The van der Waals surface area contributed by atoms with Gasteiger partial charge >= 0.3 is 12.1 Å². The summed E-state index contributed by atoms with van der Waals surface area (Å²) in [7, 11) is -1.56. The molecule has 2 N–H and O–H groups in total. The third-order valence-corrected chi connectivity index (χ3v) is 3.44. The monoisotopic (exact) mass is 261 g/mol. The molecule has 5 nitrogen and oxygen atoms in total. The summed E-state index contributed by atoms with van der Waals surface area (Å²) in [6.07, 6.45) is -0.678. The fourth-order valence-electron chi connectivity index (χ4n) is 1.26. The fraction of sp³-hybridized carbons (Fsp3) is 0.818. The highest BCUT2D eigenvalue weighted by Gasteiger charge is 2.28. The highest BCUT2D eigenvalue weighted by atomic mass is 28.3. The third-order valence-electron chi connectivity index (χ3n) is 1.81. The van der Waals surface area contributed by atoms with Crippen LogP contribution in [-0.2, 0) is 9.53 Å². The molecule has 0 unspecified atom stereocenters. The maximum atomic E-state index is 11.5. The molecule has 0 aromatic heterocycles. The smallest absolute Gasteiger partial charge is 0.408 e. The summed E-state index contributed by atoms with van der Waals surface area (Å²) in [5.74, 6) is -1.02. The second-order valence-corrected chi connectivity index (χ2v) is 11.8. The van der Waals surface area contributed by atoms with Crippen LogP contribution in [0.5, 0.6) is 0 Å². The molecule has 0 rings (SSSR count). The van der Waals surface area contributed by atoms with Crippen LogP contribution in [0, 0.1) is 0 Å². The molecule has 0 aliphatic carbocycles. The normalized spacial score (nSPS) is 14.0. The maximum absolute atomic E-state index is 11.5. The molecule has 1 atom stereocenters. The van der Waals surface area contributed by atoms with E-state index in [1.807, 2.05) is 0 Å². The molecule has 0 aliphatic heterocycles. The van der Waals surface area contributed by atoms with Gasteiger partial charge in [0.25, 0.3) is 0 Å². The standard InChI is InChI=1S/C11H23NO4Si/c1-11(2,3)16-10(15)12-8(9(13)14)7-17(4,5)6/h8H,7H2,1-6H3,(H,12,15)(H,13,14)/t8-/m1/s1. The summed E-state index contributed by atoms with van der Waals surface area (Å²) in [5.41, 5.74) is -0.619. The van der Waals surface area contributed by atoms with E-state index in [1.54, 1.807) is 20.8 Å². The number of ether oxygens (including phenoxy) is 1. The van der Waals surface area contributed by atoms with Crippen molar-refractivity contribution in [3.8, 4) is 0 Å². The number of rotatable bonds is 4. The lowest BCUT2D eigenvalue weighted by atomic mass is 10.2. The Labute approximate surface area is 104 Å². The van der Waals surface area contributed by atoms with Crippen LogP contribution in [0.15, 0.2) is 0 Å². The van der Waals surface area contributed by atoms with Crippen LogP contribution >= 0.6 is 0 Å². The zero-order valence-corrected chi connectivity index (χ0v) is 12.5. The van der Waals surface area contributed by atoms with Gasteiger partial charge in [-0.25, -0.2) is 4.79 Å². The molecule has 0 spiro atoms. The first-order chi connectivity index (χ1) is 7.41. The van der Waals surface area contributed by atoms with Gasteiger partial charge in [0.1, 0.15) is 11.6 Å². The zero-order valence-electron chi connectivity index (χ0n) is 11.5. The summed E-state index contributed by atoms with van der Waals surface area (Å²) in [4.78, 5) is 22.5. The minimum absolute atomic E-state index is 0.488. The van der Waals surface area contributed by atoms with Gasteiger partial charge < -0.3 is 15.2 Å². The molecule has 0 saturated heterocycles. The molecule has 0 aliphatic rings. The van der Waals surface area contributed by atoms with Crippen LogP contribution in [0.25, 0.3) is 0 Å². The van der Waals surface area contributed by atoms with Crippen molar-refractivity contribution in [2.24, 2.45) is 0 Å². The van der Waals surface area contributed by atoms with Gasteiger partial charge in [-0.05, 0) is 26.8 Å². The predicted molar refractivity (Wildman–Crippen MR) is 68.9 cm³/mol. The average Bonchev–Trinajstić information content (AvgIpc) is 1.95. The van der Waals surface area contributed by atoms with E-state index in [0.717, 1.165) is 0 Å². The molecule has 0 aromatic carbocycles. The number of nitrogens with one attached hydrogen (secondary N) is 1. The number of carboxylic acids is 1. The van der Waals surface area contributed by atoms with Gasteiger partial charge in [0.05, 0.1) is 0 Å². The van der Waals surface area contributed by atoms with Crippen LogP contribution in [-0.4, -0.2) is 36.9 Å². The van der Waals surface area contributed by atoms with Crippen LogP contribution in [0.3, 0.4) is 0 Å². The third kappa shape index (κ3) is 8.73. The SMILES string of the molecule is CC(C)(C)OC(=O)N[C@H](C[Si](C)(C)C)C(=O)O. The first-order valence-electron chi connectivity index (χ1n) is 5.63. The van der Waals surface area contributed by atoms with E-state index in [1.165, 1.54) is 0 Å². The second-order valence-electron chi connectivity index (χ2n) is 6.30. The van der Waals surface area contributed by atoms with Crippen molar-refractivity contribution in [2.45, 2.75) is 58.1 Å². The quantitative estimate of drug-likeness (QED) is 0.761. The molecule has 100 valence electrons. The number of amides is 1. The van der Waals surface area contributed by atoms with Gasteiger partial charge in [-0.2, -0.15) is 0 Å². The molecule has 1 amide bonds. The van der Waals surface area contributed by atoms with Gasteiger partial charge in [0.15, 0.2) is 0 Å². The van der Waals surface area contributed by atoms with E-state index in [-0.39, 0.29) is 0 Å². The van der Waals surface area contributed by atoms with Crippen LogP contribution in [0.4, 0.5) is 4.79 Å². The largest absolute Gasteiger partial charge is 0.480 e. The van der Waals surface area contributed by atoms with Crippen molar-refractivity contribution < 1.29 is 19.4 Å². The molecule has 0 fully saturated rings. The lowest BCUT2D eigenvalue weighted by molar-refractivity contribution is -0.139. The molecule has 17 heavy (non-hydrogen) atoms. The minimum atomic E-state index is -1.56. The number of hydrogen-bond acceptors (Lipinski definition) is 3. The molecule has 0 bridgehead atoms. The minimum Gasteiger partial charge on any atom is -0.480 e. The van der Waals surface area contributed by atoms with Crippen molar-refractivity contribution in [1.82, 2.24) is 5.32 Å². The number of aliphatic carboxylic acids is 1. The van der Waals surface area contributed by atoms with Gasteiger partial charge in [-0.15, -0.1) is 0 Å². The topological polar surface area (TPSA) is 75.6 Å². The van der Waals surface area contributed by atoms with E-state index in [2.05, 4.69) is 25.0 Å². The lowest BCUT2D eigenvalue weighted by Crippen LogP contribution is -2.46. The molecule has 0 aromatic rings. The Hall–Kier alpha value is -1.04. The second kappa shape index (κ2) is 5.53. The number of carboxylic acid groups (broad SMARTS) is 1. The number of alkyl carbamates (subject to hydrolysis) is 1. The van der Waals surface area contributed by atoms with Crippen molar-refractivity contribution >= 4 is 20.1 Å². The first kappa shape index (κ1) is 16.0. The Kier molecular flexibility index (Phi) is 5.19. The van der Waals surface area contributed by atoms with Gasteiger partial charge in [-0.3, -0.25) is 4.79 Å². The van der Waals surface area contributed by atoms with E-state index < -0.39 is 31.8 Å². The van der Waals surface area contributed by atoms with Crippen molar-refractivity contribution in [2.75, 3.05) is 0 Å².